The third-order valence-corrected chi connectivity index (χ3v) is 15.2. The summed E-state index contributed by atoms with van der Waals surface area (Å²) < 4.78 is 52.0. The largest absolute Gasteiger partial charge is 0.495 e. The second kappa shape index (κ2) is 23.2. The Kier molecular flexibility index (Phi) is 16.7. The molecule has 1 aliphatic carbocycles. The standard InChI is InChI=1S/C52H67N7O9S/c1-4-66-48-19-10-9-18-46(48)59-49(54-44-17-8-7-16-43(44)51(59)61)35-56-28-30-57(31-29-56)50(60)36-67-40-21-23-42(24-22-40)69(63,64)53-26-11-5-6-12-27-58-38-14-13-15-39(58)34-41(33-38)68-52(62)55-45-32-37(2)20-25-47(45)65-3/h7-10,16-25,32,38-39,41,43,49,53H,4-6,11-15,26-31,33-36H2,1-3H3,(H,55,62). The molecular weight excluding hydrogens is 899 g/mol. The molecule has 8 rings (SSSR count). The van der Waals surface area contributed by atoms with Gasteiger partial charge in [0.1, 0.15) is 29.5 Å². The summed E-state index contributed by atoms with van der Waals surface area (Å²) in [6.45, 7) is 8.21. The number of rotatable bonds is 20. The Morgan fingerprint density at radius 3 is 2.38 bits per heavy atom. The molecule has 0 aromatic heterocycles. The summed E-state index contributed by atoms with van der Waals surface area (Å²) in [6.07, 6.45) is 15.2. The second-order valence-electron chi connectivity index (χ2n) is 18.4. The second-order valence-corrected chi connectivity index (χ2v) is 20.2. The molecule has 3 aromatic carbocycles. The van der Waals surface area contributed by atoms with E-state index in [0.717, 1.165) is 69.2 Å². The van der Waals surface area contributed by atoms with Gasteiger partial charge in [-0.3, -0.25) is 34.6 Å². The van der Waals surface area contributed by atoms with E-state index in [1.807, 2.05) is 80.6 Å². The number of aryl methyl sites for hydroxylation is 1. The SMILES string of the molecule is CCOc1ccccc1N1C(=O)C2C=CC=CC2=NC1CN1CCN(C(=O)COc2ccc(S(=O)(=O)NCCCCCCN3C4CCCC3CC(OC(=O)Nc3cc(C)ccc3OC)C4)cc2)CC1. The van der Waals surface area contributed by atoms with Gasteiger partial charge in [0.15, 0.2) is 6.61 Å². The van der Waals surface area contributed by atoms with Gasteiger partial charge in [-0.2, -0.15) is 0 Å². The van der Waals surface area contributed by atoms with Crippen molar-refractivity contribution >= 4 is 45.0 Å². The number of unbranched alkanes of at least 4 members (excludes halogenated alkanes) is 3. The first-order chi connectivity index (χ1) is 33.5. The van der Waals surface area contributed by atoms with Crippen molar-refractivity contribution in [1.29, 1.82) is 0 Å². The quantitative estimate of drug-likeness (QED) is 0.112. The lowest BCUT2D eigenvalue weighted by molar-refractivity contribution is -0.135. The van der Waals surface area contributed by atoms with Crippen molar-refractivity contribution in [3.63, 3.8) is 0 Å². The highest BCUT2D eigenvalue weighted by Gasteiger charge is 2.41. The van der Waals surface area contributed by atoms with Gasteiger partial charge in [-0.15, -0.1) is 0 Å². The smallest absolute Gasteiger partial charge is 0.412 e. The number of piperazine rings is 1. The Labute approximate surface area is 406 Å². The molecule has 4 atom stereocenters. The van der Waals surface area contributed by atoms with Crippen LogP contribution in [-0.4, -0.2) is 137 Å². The lowest BCUT2D eigenvalue weighted by atomic mass is 9.82. The van der Waals surface area contributed by atoms with Crippen LogP contribution in [0.1, 0.15) is 70.3 Å². The molecule has 69 heavy (non-hydrogen) atoms. The van der Waals surface area contributed by atoms with Gasteiger partial charge in [0.05, 0.1) is 41.6 Å². The number of aliphatic imine (C=N–C) groups is 1. The maximum Gasteiger partial charge on any atom is 0.412 e. The number of nitrogens with zero attached hydrogens (tertiary/aromatic N) is 5. The van der Waals surface area contributed by atoms with Crippen LogP contribution in [0.15, 0.2) is 101 Å². The number of carbonyl (C=O) groups excluding carboxylic acids is 3. The summed E-state index contributed by atoms with van der Waals surface area (Å²) in [6, 6.07) is 20.1. The van der Waals surface area contributed by atoms with Crippen LogP contribution >= 0.6 is 0 Å². The molecule has 2 N–H and O–H groups in total. The molecular formula is C52H67N7O9S. The van der Waals surface area contributed by atoms with E-state index in [2.05, 4.69) is 19.8 Å². The van der Waals surface area contributed by atoms with Gasteiger partial charge in [-0.1, -0.05) is 55.7 Å². The molecule has 370 valence electrons. The Morgan fingerprint density at radius 2 is 1.62 bits per heavy atom. The molecule has 3 amide bonds. The molecule has 3 aromatic rings. The molecule has 3 saturated heterocycles. The lowest BCUT2D eigenvalue weighted by Crippen LogP contribution is -2.56. The number of benzene rings is 3. The summed E-state index contributed by atoms with van der Waals surface area (Å²) in [5.41, 5.74) is 3.06. The molecule has 16 nitrogen and oxygen atoms in total. The Morgan fingerprint density at radius 1 is 0.870 bits per heavy atom. The first-order valence-electron chi connectivity index (χ1n) is 24.6. The van der Waals surface area contributed by atoms with Crippen LogP contribution in [0.5, 0.6) is 17.2 Å². The third kappa shape index (κ3) is 12.5. The van der Waals surface area contributed by atoms with Crippen molar-refractivity contribution in [3.8, 4) is 17.2 Å². The van der Waals surface area contributed by atoms with Gasteiger partial charge in [0.25, 0.3) is 5.91 Å². The van der Waals surface area contributed by atoms with E-state index < -0.39 is 28.2 Å². The average molecular weight is 966 g/mol. The average Bonchev–Trinajstić information content (AvgIpc) is 3.34. The predicted octanol–water partition coefficient (Wildman–Crippen LogP) is 6.95. The zero-order valence-corrected chi connectivity index (χ0v) is 40.9. The van der Waals surface area contributed by atoms with E-state index in [0.29, 0.717) is 86.6 Å². The molecule has 0 saturated carbocycles. The first-order valence-corrected chi connectivity index (χ1v) is 26.1. The van der Waals surface area contributed by atoms with Gasteiger partial charge in [0.2, 0.25) is 15.9 Å². The number of fused-ring (bicyclic) bond motifs is 3. The number of para-hydroxylation sites is 2. The Balaban J connectivity index is 0.719. The summed E-state index contributed by atoms with van der Waals surface area (Å²) in [7, 11) is -2.13. The van der Waals surface area contributed by atoms with Crippen LogP contribution < -0.4 is 29.1 Å². The number of allylic oxidation sites excluding steroid dienone is 3. The minimum Gasteiger partial charge on any atom is -0.495 e. The fourth-order valence-corrected chi connectivity index (χ4v) is 11.3. The molecule has 4 aliphatic heterocycles. The van der Waals surface area contributed by atoms with Gasteiger partial charge in [-0.05, 0) is 106 Å². The van der Waals surface area contributed by atoms with Crippen LogP contribution in [0, 0.1) is 12.8 Å². The Hall–Kier alpha value is -5.75. The van der Waals surface area contributed by atoms with E-state index >= 15 is 0 Å². The third-order valence-electron chi connectivity index (χ3n) is 13.8. The number of hydrogen-bond acceptors (Lipinski definition) is 12. The van der Waals surface area contributed by atoms with Crippen molar-refractivity contribution in [1.82, 2.24) is 19.4 Å². The molecule has 5 aliphatic rings. The van der Waals surface area contributed by atoms with E-state index in [1.54, 1.807) is 29.0 Å². The highest BCUT2D eigenvalue weighted by molar-refractivity contribution is 7.89. The maximum absolute atomic E-state index is 13.9. The molecule has 4 unspecified atom stereocenters. The predicted molar refractivity (Wildman–Crippen MR) is 266 cm³/mol. The number of sulfonamides is 1. The molecule has 0 spiro atoms. The van der Waals surface area contributed by atoms with Crippen LogP contribution in [0.3, 0.4) is 0 Å². The minimum atomic E-state index is -3.71. The topological polar surface area (TPSA) is 172 Å². The summed E-state index contributed by atoms with van der Waals surface area (Å²) in [5, 5.41) is 2.87. The summed E-state index contributed by atoms with van der Waals surface area (Å²) >= 11 is 0. The highest BCUT2D eigenvalue weighted by atomic mass is 32.2. The van der Waals surface area contributed by atoms with Crippen molar-refractivity contribution < 1.29 is 41.7 Å². The maximum atomic E-state index is 13.9. The number of piperidine rings is 2. The summed E-state index contributed by atoms with van der Waals surface area (Å²) in [4.78, 5) is 53.6. The number of nitrogens with one attached hydrogen (secondary N) is 2. The van der Waals surface area contributed by atoms with Crippen LogP contribution in [0.25, 0.3) is 0 Å². The molecule has 3 fully saturated rings. The zero-order valence-electron chi connectivity index (χ0n) is 40.1. The number of anilines is 2. The van der Waals surface area contributed by atoms with E-state index in [9.17, 15) is 22.8 Å². The Bertz CT molecular complexity index is 2460. The fourth-order valence-electron chi connectivity index (χ4n) is 10.3. The fraction of sp³-hybridized carbons (Fsp3) is 0.500. The lowest BCUT2D eigenvalue weighted by Gasteiger charge is -2.48. The van der Waals surface area contributed by atoms with E-state index in [4.69, 9.17) is 23.9 Å². The van der Waals surface area contributed by atoms with Crippen LogP contribution in [0.4, 0.5) is 16.2 Å². The zero-order chi connectivity index (χ0) is 48.3. The molecule has 0 radical (unpaired) electrons. The van der Waals surface area contributed by atoms with Crippen molar-refractivity contribution in [2.24, 2.45) is 10.9 Å². The van der Waals surface area contributed by atoms with Gasteiger partial charge < -0.3 is 23.8 Å². The molecule has 17 heteroatoms. The van der Waals surface area contributed by atoms with Crippen LogP contribution in [0.2, 0.25) is 0 Å². The van der Waals surface area contributed by atoms with Crippen molar-refractivity contribution in [2.75, 3.05) is 76.4 Å². The number of methoxy groups -OCH3 is 1. The van der Waals surface area contributed by atoms with Crippen molar-refractivity contribution in [3.05, 3.63) is 96.6 Å². The molecule has 4 heterocycles. The number of ether oxygens (including phenoxy) is 4. The minimum absolute atomic E-state index is 0.0481. The molecule has 2 bridgehead atoms. The number of amides is 3. The first kappa shape index (κ1) is 49.7. The summed E-state index contributed by atoms with van der Waals surface area (Å²) in [5.74, 6) is 0.983. The van der Waals surface area contributed by atoms with Gasteiger partial charge >= 0.3 is 6.09 Å². The van der Waals surface area contributed by atoms with E-state index in [-0.39, 0.29) is 29.4 Å². The van der Waals surface area contributed by atoms with Crippen LogP contribution in [-0.2, 0) is 24.3 Å². The van der Waals surface area contributed by atoms with Crippen molar-refractivity contribution in [2.45, 2.75) is 101 Å². The highest BCUT2D eigenvalue weighted by Crippen LogP contribution is 2.37. The number of carbonyl (C=O) groups is 3. The van der Waals surface area contributed by atoms with E-state index in [1.165, 1.54) is 18.6 Å². The van der Waals surface area contributed by atoms with Gasteiger partial charge in [0, 0.05) is 64.2 Å². The number of hydrogen-bond donors (Lipinski definition) is 2. The van der Waals surface area contributed by atoms with Gasteiger partial charge in [-0.25, -0.2) is 17.9 Å². The monoisotopic (exact) mass is 965 g/mol. The normalized spacial score (nSPS) is 22.7.